The molecule has 6 rings (SSSR count). The number of likely N-dealkylation sites (N-methyl/N-ethyl adjacent to an activating group) is 1. The smallest absolute Gasteiger partial charge is 0.255 e. The van der Waals surface area contributed by atoms with Crippen LogP contribution in [0.5, 0.6) is 23.1 Å². The lowest BCUT2D eigenvalue weighted by molar-refractivity contribution is 0.0988. The van der Waals surface area contributed by atoms with Crippen LogP contribution in [0.25, 0.3) is 22.0 Å². The fourth-order valence-corrected chi connectivity index (χ4v) is 5.25. The van der Waals surface area contributed by atoms with Crippen LogP contribution in [0.1, 0.15) is 22.0 Å². The van der Waals surface area contributed by atoms with E-state index < -0.39 is 22.8 Å². The Morgan fingerprint density at radius 1 is 0.955 bits per heavy atom. The van der Waals surface area contributed by atoms with Crippen molar-refractivity contribution in [1.82, 2.24) is 19.4 Å². The monoisotopic (exact) mass is 598 g/mol. The second-order valence-electron chi connectivity index (χ2n) is 10.6. The Bertz CT molecular complexity index is 1940. The van der Waals surface area contributed by atoms with Gasteiger partial charge in [0.15, 0.2) is 28.5 Å². The summed E-state index contributed by atoms with van der Waals surface area (Å²) in [6.07, 6.45) is 5.85. The maximum Gasteiger partial charge on any atom is 0.255 e. The van der Waals surface area contributed by atoms with Gasteiger partial charge >= 0.3 is 0 Å². The molecule has 1 saturated heterocycles. The molecule has 0 aliphatic carbocycles. The summed E-state index contributed by atoms with van der Waals surface area (Å²) in [4.78, 5) is 37.5. The molecule has 2 aromatic carbocycles. The summed E-state index contributed by atoms with van der Waals surface area (Å²) >= 11 is 0. The number of fused-ring (bicyclic) bond motifs is 1. The summed E-state index contributed by atoms with van der Waals surface area (Å²) in [6, 6.07) is 11.7. The first kappa shape index (κ1) is 28.9. The predicted octanol–water partition coefficient (Wildman–Crippen LogP) is 5.46. The summed E-state index contributed by atoms with van der Waals surface area (Å²) in [5.41, 5.74) is 1.10. The number of nitrogens with zero attached hydrogens (tertiary/aromatic N) is 4. The molecule has 0 N–H and O–H groups in total. The number of carbonyl (C=O) groups is 1. The van der Waals surface area contributed by atoms with Crippen molar-refractivity contribution in [2.75, 3.05) is 34.4 Å². The van der Waals surface area contributed by atoms with Crippen LogP contribution in [0.4, 0.5) is 8.78 Å². The number of hydrogen-bond donors (Lipinski definition) is 0. The van der Waals surface area contributed by atoms with Crippen LogP contribution in [-0.2, 0) is 6.42 Å². The highest BCUT2D eigenvalue weighted by Crippen LogP contribution is 2.37. The molecule has 1 aliphatic heterocycles. The van der Waals surface area contributed by atoms with Gasteiger partial charge in [0.2, 0.25) is 0 Å². The molecule has 0 spiro atoms. The Hall–Kier alpha value is -5.16. The first-order valence-electron chi connectivity index (χ1n) is 13.8. The largest absolute Gasteiger partial charge is 0.493 e. The Balaban J connectivity index is 1.28. The van der Waals surface area contributed by atoms with Gasteiger partial charge in [0.05, 0.1) is 31.3 Å². The molecule has 0 bridgehead atoms. The van der Waals surface area contributed by atoms with E-state index in [2.05, 4.69) is 14.9 Å². The van der Waals surface area contributed by atoms with Gasteiger partial charge in [0, 0.05) is 61.3 Å². The molecule has 5 aromatic rings. The van der Waals surface area contributed by atoms with Crippen LogP contribution in [0.15, 0.2) is 78.1 Å². The van der Waals surface area contributed by atoms with Gasteiger partial charge in [-0.3, -0.25) is 14.6 Å². The molecule has 0 atom stereocenters. The molecule has 0 amide bonds. The van der Waals surface area contributed by atoms with Crippen LogP contribution in [-0.4, -0.2) is 59.6 Å². The lowest BCUT2D eigenvalue weighted by Crippen LogP contribution is -2.45. The highest BCUT2D eigenvalue weighted by atomic mass is 19.1. The Kier molecular flexibility index (Phi) is 7.79. The van der Waals surface area contributed by atoms with E-state index in [1.165, 1.54) is 50.9 Å². The first-order valence-corrected chi connectivity index (χ1v) is 13.8. The standard InChI is InChI=1S/C33H28F2N4O5/c1-38-15-22(16-38)39-17-24(20-4-6-21(34)7-5-20)32(41)25(18-39)28(40)11-19-10-26(35)33(37-14-19)44-29-8-9-36-27-13-31(43-3)30(42-2)12-23(27)29/h4-10,12-14,17-18,22H,11,15-16H2,1-3H3. The van der Waals surface area contributed by atoms with E-state index in [1.54, 1.807) is 30.6 Å². The van der Waals surface area contributed by atoms with Crippen LogP contribution in [0, 0.1) is 11.6 Å². The topological polar surface area (TPSA) is 95.8 Å². The number of benzene rings is 2. The van der Waals surface area contributed by atoms with Crippen molar-refractivity contribution in [3.63, 3.8) is 0 Å². The number of ketones is 1. The fourth-order valence-electron chi connectivity index (χ4n) is 5.25. The number of halogens is 2. The maximum absolute atomic E-state index is 15.3. The van der Waals surface area contributed by atoms with Gasteiger partial charge in [-0.1, -0.05) is 12.1 Å². The van der Waals surface area contributed by atoms with Crippen molar-refractivity contribution in [1.29, 1.82) is 0 Å². The highest BCUT2D eigenvalue weighted by Gasteiger charge is 2.27. The molecule has 224 valence electrons. The van der Waals surface area contributed by atoms with Crippen LogP contribution >= 0.6 is 0 Å². The van der Waals surface area contributed by atoms with Gasteiger partial charge in [-0.05, 0) is 48.5 Å². The van der Waals surface area contributed by atoms with Crippen molar-refractivity contribution in [2.24, 2.45) is 0 Å². The molecular weight excluding hydrogens is 570 g/mol. The van der Waals surface area contributed by atoms with Gasteiger partial charge in [-0.15, -0.1) is 0 Å². The van der Waals surface area contributed by atoms with E-state index in [0.717, 1.165) is 19.2 Å². The molecule has 9 nitrogen and oxygen atoms in total. The molecule has 1 fully saturated rings. The van der Waals surface area contributed by atoms with Crippen LogP contribution in [0.3, 0.4) is 0 Å². The summed E-state index contributed by atoms with van der Waals surface area (Å²) in [6.45, 7) is 1.51. The van der Waals surface area contributed by atoms with Crippen LogP contribution < -0.4 is 19.6 Å². The summed E-state index contributed by atoms with van der Waals surface area (Å²) in [5, 5.41) is 0.556. The van der Waals surface area contributed by atoms with Gasteiger partial charge in [0.25, 0.3) is 5.88 Å². The predicted molar refractivity (Wildman–Crippen MR) is 160 cm³/mol. The number of Topliss-reactive ketones (excluding diaryl/α,β-unsaturated/α-hetero) is 1. The maximum atomic E-state index is 15.3. The average molecular weight is 599 g/mol. The molecule has 3 aromatic heterocycles. The third kappa shape index (κ3) is 5.61. The van der Waals surface area contributed by atoms with Gasteiger partial charge in [-0.2, -0.15) is 0 Å². The second kappa shape index (κ2) is 11.8. The van der Waals surface area contributed by atoms with Crippen molar-refractivity contribution < 1.29 is 27.8 Å². The molecule has 1 aliphatic rings. The molecule has 0 unspecified atom stereocenters. The number of aromatic nitrogens is 3. The van der Waals surface area contributed by atoms with Crippen molar-refractivity contribution in [2.45, 2.75) is 12.5 Å². The first-order chi connectivity index (χ1) is 21.2. The SMILES string of the molecule is COc1cc2nccc(Oc3ncc(CC(=O)c4cn(C5CN(C)C5)cc(-c5ccc(F)cc5)c4=O)cc3F)c2cc1OC. The number of ether oxygens (including phenoxy) is 3. The van der Waals surface area contributed by atoms with Gasteiger partial charge in [-0.25, -0.2) is 13.8 Å². The van der Waals surface area contributed by atoms with Crippen LogP contribution in [0.2, 0.25) is 0 Å². The Morgan fingerprint density at radius 3 is 2.36 bits per heavy atom. The molecular formula is C33H28F2N4O5. The fraction of sp³-hybridized carbons (Fsp3) is 0.212. The zero-order chi connectivity index (χ0) is 31.0. The number of hydrogen-bond acceptors (Lipinski definition) is 8. The van der Waals surface area contributed by atoms with E-state index in [9.17, 15) is 14.0 Å². The number of pyridine rings is 3. The van der Waals surface area contributed by atoms with E-state index >= 15 is 4.39 Å². The van der Waals surface area contributed by atoms with Crippen molar-refractivity contribution in [3.05, 3.63) is 106 Å². The summed E-state index contributed by atoms with van der Waals surface area (Å²) in [5.74, 6) is -0.762. The van der Waals surface area contributed by atoms with Crippen molar-refractivity contribution >= 4 is 16.7 Å². The van der Waals surface area contributed by atoms with E-state index in [4.69, 9.17) is 14.2 Å². The molecule has 44 heavy (non-hydrogen) atoms. The number of rotatable bonds is 9. The molecule has 11 heteroatoms. The Labute approximate surface area is 251 Å². The third-order valence-electron chi connectivity index (χ3n) is 7.61. The third-order valence-corrected chi connectivity index (χ3v) is 7.61. The van der Waals surface area contributed by atoms with E-state index in [0.29, 0.717) is 33.7 Å². The quantitative estimate of drug-likeness (QED) is 0.207. The normalized spacial score (nSPS) is 13.5. The number of carbonyl (C=O) groups excluding carboxylic acids is 1. The minimum atomic E-state index is -0.782. The van der Waals surface area contributed by atoms with Gasteiger partial charge < -0.3 is 23.7 Å². The molecule has 0 radical (unpaired) electrons. The minimum Gasteiger partial charge on any atom is -0.493 e. The van der Waals surface area contributed by atoms with E-state index in [1.807, 2.05) is 11.6 Å². The lowest BCUT2D eigenvalue weighted by atomic mass is 9.99. The summed E-state index contributed by atoms with van der Waals surface area (Å²) < 4.78 is 47.2. The Morgan fingerprint density at radius 2 is 1.68 bits per heavy atom. The van der Waals surface area contributed by atoms with Gasteiger partial charge in [0.1, 0.15) is 11.6 Å². The lowest BCUT2D eigenvalue weighted by Gasteiger charge is -2.38. The number of likely N-dealkylation sites (tertiary alicyclic amines) is 1. The zero-order valence-electron chi connectivity index (χ0n) is 24.2. The average Bonchev–Trinajstić information content (AvgIpc) is 3.01. The highest BCUT2D eigenvalue weighted by molar-refractivity contribution is 5.98. The summed E-state index contributed by atoms with van der Waals surface area (Å²) in [7, 11) is 4.99. The second-order valence-corrected chi connectivity index (χ2v) is 10.6. The van der Waals surface area contributed by atoms with E-state index in [-0.39, 0.29) is 35.0 Å². The zero-order valence-corrected chi connectivity index (χ0v) is 24.2. The number of methoxy groups -OCH3 is 2. The van der Waals surface area contributed by atoms with Crippen molar-refractivity contribution in [3.8, 4) is 34.3 Å². The molecule has 0 saturated carbocycles. The minimum absolute atomic E-state index is 0.0326. The molecule has 4 heterocycles.